The van der Waals surface area contributed by atoms with Crippen LogP contribution >= 0.6 is 47.8 Å². The first-order valence-corrected chi connectivity index (χ1v) is 17.9. The standard InChI is InChI=1S/C35H26Br3N3O7/c1-2-16-11-19(36)12-22-23(35(45)48-15-27(42)18-5-9-21(10-6-18)41(46)47)14-26(39-32(16)22)17-3-7-20(8-4-17)40-33(43)28-24-13-25(29(28)34(40)44)31(38)30(24)37/h3-12,14,24-25,28-31H,2,13,15H2,1H3. The SMILES string of the molecule is CCc1cc(Br)cc2c(C(=O)OCC(=O)c3ccc([N+](=O)[O-])cc3)cc(-c3ccc(N4C(=O)C5C6CC(C(Br)C6Br)C5C4=O)cc3)nc12. The van der Waals surface area contributed by atoms with Gasteiger partial charge in [-0.15, -0.1) is 0 Å². The largest absolute Gasteiger partial charge is 0.454 e. The van der Waals surface area contributed by atoms with Gasteiger partial charge in [0.05, 0.1) is 39.2 Å². The van der Waals surface area contributed by atoms with Gasteiger partial charge >= 0.3 is 5.97 Å². The van der Waals surface area contributed by atoms with E-state index in [0.29, 0.717) is 34.3 Å². The molecule has 3 fully saturated rings. The number of carbonyl (C=O) groups is 4. The van der Waals surface area contributed by atoms with E-state index in [1.54, 1.807) is 36.4 Å². The molecule has 1 saturated heterocycles. The number of nitro groups is 1. The summed E-state index contributed by atoms with van der Waals surface area (Å²) in [6.07, 6.45) is 1.48. The summed E-state index contributed by atoms with van der Waals surface area (Å²) in [5, 5.41) is 11.5. The van der Waals surface area contributed by atoms with Gasteiger partial charge in [-0.05, 0) is 72.7 Å². The van der Waals surface area contributed by atoms with Crippen LogP contribution in [0.1, 0.15) is 39.6 Å². The molecule has 48 heavy (non-hydrogen) atoms. The van der Waals surface area contributed by atoms with Gasteiger partial charge in [-0.25, -0.2) is 9.78 Å². The van der Waals surface area contributed by atoms with E-state index in [-0.39, 0.29) is 62.0 Å². The molecule has 1 aliphatic heterocycles. The molecule has 3 aromatic carbocycles. The lowest BCUT2D eigenvalue weighted by Crippen LogP contribution is -2.37. The van der Waals surface area contributed by atoms with Crippen molar-refractivity contribution in [2.75, 3.05) is 11.5 Å². The summed E-state index contributed by atoms with van der Waals surface area (Å²) in [6.45, 7) is 1.42. The van der Waals surface area contributed by atoms with E-state index in [0.717, 1.165) is 16.5 Å². The van der Waals surface area contributed by atoms with Gasteiger partial charge < -0.3 is 4.74 Å². The van der Waals surface area contributed by atoms with Crippen molar-refractivity contribution in [3.63, 3.8) is 0 Å². The van der Waals surface area contributed by atoms with Crippen LogP contribution in [-0.2, 0) is 20.7 Å². The van der Waals surface area contributed by atoms with Crippen LogP contribution in [0.5, 0.6) is 0 Å². The zero-order valence-corrected chi connectivity index (χ0v) is 30.0. The summed E-state index contributed by atoms with van der Waals surface area (Å²) >= 11 is 11.0. The van der Waals surface area contributed by atoms with Crippen LogP contribution in [0.2, 0.25) is 0 Å². The molecule has 6 atom stereocenters. The fraction of sp³-hybridized carbons (Fsp3) is 0.286. The van der Waals surface area contributed by atoms with Gasteiger partial charge in [-0.2, -0.15) is 0 Å². The van der Waals surface area contributed by atoms with Crippen LogP contribution in [0, 0.1) is 33.8 Å². The number of halogens is 3. The van der Waals surface area contributed by atoms with Crippen molar-refractivity contribution in [3.05, 3.63) is 98.0 Å². The molecule has 4 aromatic rings. The number of benzene rings is 3. The van der Waals surface area contributed by atoms with Gasteiger partial charge in [0.15, 0.2) is 12.4 Å². The lowest BCUT2D eigenvalue weighted by molar-refractivity contribution is -0.384. The van der Waals surface area contributed by atoms with E-state index in [4.69, 9.17) is 9.72 Å². The number of amides is 2. The average Bonchev–Trinajstić information content (AvgIpc) is 3.70. The van der Waals surface area contributed by atoms with Gasteiger partial charge in [-0.3, -0.25) is 29.4 Å². The van der Waals surface area contributed by atoms with E-state index < -0.39 is 23.3 Å². The van der Waals surface area contributed by atoms with Crippen molar-refractivity contribution in [2.45, 2.75) is 29.4 Å². The van der Waals surface area contributed by atoms with Crippen molar-refractivity contribution in [3.8, 4) is 11.3 Å². The number of hydrogen-bond donors (Lipinski definition) is 0. The molecule has 13 heteroatoms. The Labute approximate surface area is 299 Å². The lowest BCUT2D eigenvalue weighted by Gasteiger charge is -2.28. The molecule has 7 rings (SSSR count). The Morgan fingerprint density at radius 2 is 1.58 bits per heavy atom. The Hall–Kier alpha value is -3.81. The number of aromatic nitrogens is 1. The molecule has 10 nitrogen and oxygen atoms in total. The van der Waals surface area contributed by atoms with E-state index in [9.17, 15) is 29.3 Å². The summed E-state index contributed by atoms with van der Waals surface area (Å²) in [4.78, 5) is 70.3. The molecule has 2 saturated carbocycles. The number of ether oxygens (including phenoxy) is 1. The monoisotopic (exact) mass is 837 g/mol. The van der Waals surface area contributed by atoms with E-state index in [1.165, 1.54) is 29.2 Å². The number of fused-ring (bicyclic) bond motifs is 6. The highest BCUT2D eigenvalue weighted by atomic mass is 79.9. The number of rotatable bonds is 8. The summed E-state index contributed by atoms with van der Waals surface area (Å²) in [5.74, 6) is -1.99. The van der Waals surface area contributed by atoms with Gasteiger partial charge in [0, 0.05) is 42.8 Å². The number of imide groups is 1. The molecular formula is C35H26Br3N3O7. The van der Waals surface area contributed by atoms with Crippen LogP contribution in [0.4, 0.5) is 11.4 Å². The summed E-state index contributed by atoms with van der Waals surface area (Å²) in [5.41, 5.74) is 3.32. The Bertz CT molecular complexity index is 2000. The quantitative estimate of drug-likeness (QED) is 0.0446. The number of alkyl halides is 2. The first-order valence-electron chi connectivity index (χ1n) is 15.3. The second-order valence-corrected chi connectivity index (χ2v) is 15.3. The van der Waals surface area contributed by atoms with Crippen LogP contribution < -0.4 is 4.90 Å². The van der Waals surface area contributed by atoms with Crippen LogP contribution in [0.25, 0.3) is 22.2 Å². The molecule has 0 N–H and O–H groups in total. The Kier molecular flexibility index (Phi) is 8.57. The third-order valence-corrected chi connectivity index (χ3v) is 13.4. The minimum Gasteiger partial charge on any atom is -0.454 e. The topological polar surface area (TPSA) is 137 Å². The van der Waals surface area contributed by atoms with E-state index >= 15 is 0 Å². The maximum Gasteiger partial charge on any atom is 0.339 e. The molecule has 2 heterocycles. The molecule has 6 unspecified atom stereocenters. The molecule has 244 valence electrons. The van der Waals surface area contributed by atoms with Crippen molar-refractivity contribution < 1.29 is 28.8 Å². The van der Waals surface area contributed by atoms with Crippen molar-refractivity contribution in [1.82, 2.24) is 4.98 Å². The Morgan fingerprint density at radius 1 is 0.958 bits per heavy atom. The zero-order chi connectivity index (χ0) is 34.0. The number of aryl methyl sites for hydroxylation is 1. The molecule has 3 aliphatic rings. The normalized spacial score (nSPS) is 24.3. The van der Waals surface area contributed by atoms with Crippen LogP contribution in [0.3, 0.4) is 0 Å². The third kappa shape index (κ3) is 5.39. The number of hydrogen-bond acceptors (Lipinski definition) is 8. The maximum atomic E-state index is 13.6. The number of Topliss-reactive ketones (excluding diaryl/α,β-unsaturated/α-hetero) is 1. The van der Waals surface area contributed by atoms with E-state index in [1.807, 2.05) is 13.0 Å². The minimum atomic E-state index is -0.736. The van der Waals surface area contributed by atoms with Crippen molar-refractivity contribution in [2.24, 2.45) is 23.7 Å². The molecule has 0 radical (unpaired) electrons. The fourth-order valence-electron chi connectivity index (χ4n) is 7.39. The molecular weight excluding hydrogens is 814 g/mol. The number of esters is 1. The summed E-state index contributed by atoms with van der Waals surface area (Å²) in [7, 11) is 0. The predicted octanol–water partition coefficient (Wildman–Crippen LogP) is 7.46. The summed E-state index contributed by atoms with van der Waals surface area (Å²) < 4.78 is 6.21. The van der Waals surface area contributed by atoms with Crippen LogP contribution in [-0.4, -0.2) is 49.7 Å². The molecule has 0 spiro atoms. The molecule has 1 aromatic heterocycles. The first-order chi connectivity index (χ1) is 23.0. The Morgan fingerprint density at radius 3 is 2.17 bits per heavy atom. The molecule has 2 amide bonds. The minimum absolute atomic E-state index is 0.113. The van der Waals surface area contributed by atoms with Gasteiger partial charge in [0.1, 0.15) is 0 Å². The maximum absolute atomic E-state index is 13.6. The van der Waals surface area contributed by atoms with Crippen LogP contribution in [0.15, 0.2) is 71.2 Å². The lowest BCUT2D eigenvalue weighted by atomic mass is 9.81. The molecule has 2 bridgehead atoms. The van der Waals surface area contributed by atoms with Gasteiger partial charge in [-0.1, -0.05) is 66.8 Å². The Balaban J connectivity index is 1.18. The summed E-state index contributed by atoms with van der Waals surface area (Å²) in [6, 6.07) is 17.4. The van der Waals surface area contributed by atoms with Gasteiger partial charge in [0.2, 0.25) is 11.8 Å². The number of nitrogens with zero attached hydrogens (tertiary/aromatic N) is 3. The number of carbonyl (C=O) groups excluding carboxylic acids is 4. The number of ketones is 1. The smallest absolute Gasteiger partial charge is 0.339 e. The predicted molar refractivity (Wildman–Crippen MR) is 188 cm³/mol. The number of non-ortho nitro benzene ring substituents is 1. The highest BCUT2D eigenvalue weighted by Crippen LogP contribution is 2.60. The fourth-order valence-corrected chi connectivity index (χ4v) is 9.77. The number of pyridine rings is 1. The second-order valence-electron chi connectivity index (χ2n) is 12.2. The number of anilines is 1. The van der Waals surface area contributed by atoms with Crippen molar-refractivity contribution in [1.29, 1.82) is 0 Å². The average molecular weight is 840 g/mol. The molecule has 2 aliphatic carbocycles. The second kappa shape index (κ2) is 12.6. The number of nitro benzene ring substituents is 1. The first kappa shape index (κ1) is 32.7. The zero-order valence-electron chi connectivity index (χ0n) is 25.3. The third-order valence-electron chi connectivity index (χ3n) is 9.70. The van der Waals surface area contributed by atoms with E-state index in [2.05, 4.69) is 47.8 Å². The highest BCUT2D eigenvalue weighted by molar-refractivity contribution is 9.12. The van der Waals surface area contributed by atoms with Crippen molar-refractivity contribution >= 4 is 93.6 Å². The highest BCUT2D eigenvalue weighted by Gasteiger charge is 2.66. The van der Waals surface area contributed by atoms with Gasteiger partial charge in [0.25, 0.3) is 5.69 Å².